The van der Waals surface area contributed by atoms with Crippen LogP contribution < -0.4 is 20.1 Å². The van der Waals surface area contributed by atoms with Gasteiger partial charge in [0.05, 0.1) is 4.90 Å². The van der Waals surface area contributed by atoms with E-state index in [1.807, 2.05) is 18.2 Å². The molecule has 30 heavy (non-hydrogen) atoms. The molecule has 158 valence electrons. The van der Waals surface area contributed by atoms with E-state index >= 15 is 0 Å². The highest BCUT2D eigenvalue weighted by molar-refractivity contribution is 7.93. The highest BCUT2D eigenvalue weighted by Gasteiger charge is 2.34. The Hall–Kier alpha value is -2.95. The highest BCUT2D eigenvalue weighted by atomic mass is 32.2. The van der Waals surface area contributed by atoms with Crippen molar-refractivity contribution in [2.75, 3.05) is 16.2 Å². The van der Waals surface area contributed by atoms with Crippen LogP contribution in [0.3, 0.4) is 0 Å². The summed E-state index contributed by atoms with van der Waals surface area (Å²) in [7, 11) is -3.74. The van der Waals surface area contributed by atoms with Crippen molar-refractivity contribution in [2.24, 2.45) is 5.73 Å². The van der Waals surface area contributed by atoms with Crippen molar-refractivity contribution in [3.05, 3.63) is 65.7 Å². The minimum absolute atomic E-state index is 0. The maximum Gasteiger partial charge on any atom is 0.268 e. The number of amides is 1. The third-order valence-electron chi connectivity index (χ3n) is 4.68. The maximum absolute atomic E-state index is 12.8. The Morgan fingerprint density at radius 3 is 2.77 bits per heavy atom. The fraction of sp³-hybridized carbons (Fsp3) is 0.200. The number of anilines is 2. The van der Waals surface area contributed by atoms with Crippen LogP contribution in [0.25, 0.3) is 0 Å². The molecule has 3 aromatic rings. The van der Waals surface area contributed by atoms with Gasteiger partial charge in [0.2, 0.25) is 0 Å². The molecule has 1 aromatic heterocycles. The van der Waals surface area contributed by atoms with Gasteiger partial charge in [-0.2, -0.15) is 0 Å². The minimum Gasteiger partial charge on any atom is -0.481 e. The van der Waals surface area contributed by atoms with Gasteiger partial charge in [0.25, 0.3) is 15.9 Å². The number of nitrogens with two attached hydrogens (primary N) is 1. The van der Waals surface area contributed by atoms with Crippen LogP contribution >= 0.6 is 11.3 Å². The SMILES string of the molecule is NCc1cccc(OC2CCN(c3ccc(S(=O)(=O)Nc4nccs4)cc3)C2=O)c1.[HH]. The summed E-state index contributed by atoms with van der Waals surface area (Å²) in [6.07, 6.45) is 1.47. The summed E-state index contributed by atoms with van der Waals surface area (Å²) in [5.74, 6) is 0.442. The molecule has 1 saturated heterocycles. The molecule has 1 amide bonds. The van der Waals surface area contributed by atoms with Crippen molar-refractivity contribution in [2.45, 2.75) is 24.0 Å². The summed E-state index contributed by atoms with van der Waals surface area (Å²) >= 11 is 1.20. The molecule has 2 aromatic carbocycles. The second kappa shape index (κ2) is 8.42. The number of benzene rings is 2. The summed E-state index contributed by atoms with van der Waals surface area (Å²) in [5.41, 5.74) is 7.20. The Morgan fingerprint density at radius 2 is 2.07 bits per heavy atom. The lowest BCUT2D eigenvalue weighted by Gasteiger charge is -2.18. The summed E-state index contributed by atoms with van der Waals surface area (Å²) < 4.78 is 33.2. The lowest BCUT2D eigenvalue weighted by atomic mass is 10.2. The third-order valence-corrected chi connectivity index (χ3v) is 6.85. The Kier molecular flexibility index (Phi) is 5.71. The number of carbonyl (C=O) groups is 1. The van der Waals surface area contributed by atoms with Crippen molar-refractivity contribution in [1.82, 2.24) is 4.98 Å². The molecule has 8 nitrogen and oxygen atoms in total. The van der Waals surface area contributed by atoms with Crippen molar-refractivity contribution in [3.63, 3.8) is 0 Å². The van der Waals surface area contributed by atoms with Crippen LogP contribution in [0, 0.1) is 0 Å². The molecule has 0 spiro atoms. The number of nitrogens with zero attached hydrogens (tertiary/aromatic N) is 2. The molecule has 1 unspecified atom stereocenters. The van der Waals surface area contributed by atoms with E-state index < -0.39 is 16.1 Å². The maximum atomic E-state index is 12.8. The Bertz CT molecular complexity index is 1140. The van der Waals surface area contributed by atoms with Crippen LogP contribution in [0.4, 0.5) is 10.8 Å². The van der Waals surface area contributed by atoms with Gasteiger partial charge in [-0.25, -0.2) is 13.4 Å². The zero-order valence-corrected chi connectivity index (χ0v) is 17.5. The van der Waals surface area contributed by atoms with Crippen molar-refractivity contribution in [3.8, 4) is 5.75 Å². The second-order valence-electron chi connectivity index (χ2n) is 6.67. The second-order valence-corrected chi connectivity index (χ2v) is 9.25. The van der Waals surface area contributed by atoms with Crippen LogP contribution in [0.15, 0.2) is 65.0 Å². The topological polar surface area (TPSA) is 115 Å². The van der Waals surface area contributed by atoms with Crippen LogP contribution in [0.1, 0.15) is 13.4 Å². The van der Waals surface area contributed by atoms with Gasteiger partial charge >= 0.3 is 0 Å². The lowest BCUT2D eigenvalue weighted by molar-refractivity contribution is -0.122. The molecule has 1 aliphatic heterocycles. The first-order chi connectivity index (χ1) is 14.5. The normalized spacial score (nSPS) is 16.6. The smallest absolute Gasteiger partial charge is 0.268 e. The molecule has 1 fully saturated rings. The predicted molar refractivity (Wildman–Crippen MR) is 117 cm³/mol. The van der Waals surface area contributed by atoms with Crippen molar-refractivity contribution in [1.29, 1.82) is 0 Å². The first-order valence-electron chi connectivity index (χ1n) is 9.26. The zero-order chi connectivity index (χ0) is 21.1. The Morgan fingerprint density at radius 1 is 1.27 bits per heavy atom. The predicted octanol–water partition coefficient (Wildman–Crippen LogP) is 2.83. The number of rotatable bonds is 7. The zero-order valence-electron chi connectivity index (χ0n) is 15.9. The van der Waals surface area contributed by atoms with Crippen LogP contribution in [-0.2, 0) is 21.4 Å². The molecular weight excluding hydrogens is 424 g/mol. The standard InChI is InChI=1S/C20H20N4O4S2.H2/c21-13-14-2-1-3-16(12-14)28-18-8-10-24(19(18)25)15-4-6-17(7-5-15)30(26,27)23-20-22-9-11-29-20;/h1-7,9,11-12,18H,8,10,13,21H2,(H,22,23);1H. The van der Waals surface area contributed by atoms with Gasteiger partial charge in [-0.1, -0.05) is 12.1 Å². The van der Waals surface area contributed by atoms with E-state index in [2.05, 4.69) is 9.71 Å². The highest BCUT2D eigenvalue weighted by Crippen LogP contribution is 2.27. The van der Waals surface area contributed by atoms with E-state index in [-0.39, 0.29) is 12.2 Å². The number of aromatic nitrogens is 1. The molecular formula is C20H22N4O4S2. The van der Waals surface area contributed by atoms with Gasteiger partial charge in [-0.15, -0.1) is 11.3 Å². The summed E-state index contributed by atoms with van der Waals surface area (Å²) in [5, 5.41) is 1.98. The number of hydrogen-bond acceptors (Lipinski definition) is 7. The molecule has 3 N–H and O–H groups in total. The van der Waals surface area contributed by atoms with Gasteiger partial charge in [-0.05, 0) is 42.0 Å². The van der Waals surface area contributed by atoms with E-state index in [1.54, 1.807) is 28.5 Å². The average Bonchev–Trinajstić information content (AvgIpc) is 3.38. The van der Waals surface area contributed by atoms with E-state index in [0.717, 1.165) is 5.56 Å². The van der Waals surface area contributed by atoms with E-state index in [1.165, 1.54) is 29.7 Å². The van der Waals surface area contributed by atoms with Crippen LogP contribution in [0.5, 0.6) is 5.75 Å². The molecule has 0 radical (unpaired) electrons. The summed E-state index contributed by atoms with van der Waals surface area (Å²) in [6, 6.07) is 13.5. The number of sulfonamides is 1. The Balaban J connectivity index is 0.00000272. The number of hydrogen-bond donors (Lipinski definition) is 2. The van der Waals surface area contributed by atoms with Crippen molar-refractivity contribution >= 4 is 38.1 Å². The quantitative estimate of drug-likeness (QED) is 0.577. The molecule has 0 aliphatic carbocycles. The average molecular weight is 447 g/mol. The fourth-order valence-electron chi connectivity index (χ4n) is 3.18. The molecule has 10 heteroatoms. The van der Waals surface area contributed by atoms with Crippen LogP contribution in [0.2, 0.25) is 0 Å². The van der Waals surface area contributed by atoms with Gasteiger partial charge in [0.15, 0.2) is 11.2 Å². The van der Waals surface area contributed by atoms with Gasteiger partial charge < -0.3 is 15.4 Å². The molecule has 1 atom stereocenters. The molecule has 2 heterocycles. The lowest BCUT2D eigenvalue weighted by Crippen LogP contribution is -2.32. The summed E-state index contributed by atoms with van der Waals surface area (Å²) in [6.45, 7) is 0.887. The molecule has 0 bridgehead atoms. The monoisotopic (exact) mass is 446 g/mol. The van der Waals surface area contributed by atoms with E-state index in [9.17, 15) is 13.2 Å². The molecule has 1 aliphatic rings. The summed E-state index contributed by atoms with van der Waals surface area (Å²) in [4.78, 5) is 18.4. The van der Waals surface area contributed by atoms with Gasteiger partial charge in [0, 0.05) is 38.2 Å². The number of thiazole rings is 1. The Labute approximate surface area is 179 Å². The van der Waals surface area contributed by atoms with E-state index in [4.69, 9.17) is 10.5 Å². The van der Waals surface area contributed by atoms with Crippen LogP contribution in [-0.4, -0.2) is 32.0 Å². The van der Waals surface area contributed by atoms with E-state index in [0.29, 0.717) is 36.1 Å². The first-order valence-corrected chi connectivity index (χ1v) is 11.6. The molecule has 0 saturated carbocycles. The first kappa shape index (κ1) is 20.3. The minimum atomic E-state index is -3.74. The number of ether oxygens (including phenoxy) is 1. The van der Waals surface area contributed by atoms with Crippen molar-refractivity contribution < 1.29 is 19.4 Å². The number of nitrogens with one attached hydrogen (secondary N) is 1. The van der Waals surface area contributed by atoms with Gasteiger partial charge in [0.1, 0.15) is 5.75 Å². The number of carbonyl (C=O) groups excluding carboxylic acids is 1. The fourth-order valence-corrected chi connectivity index (χ4v) is 4.97. The largest absolute Gasteiger partial charge is 0.481 e. The molecule has 4 rings (SSSR count). The van der Waals surface area contributed by atoms with Gasteiger partial charge in [-0.3, -0.25) is 9.52 Å². The third kappa shape index (κ3) is 4.30.